The molecule has 1 aromatic heterocycles. The van der Waals surface area contributed by atoms with Crippen LogP contribution in [0.3, 0.4) is 0 Å². The third-order valence-corrected chi connectivity index (χ3v) is 5.30. The number of rotatable bonds is 3. The molecular formula is C21H21ClFN3. The highest BCUT2D eigenvalue weighted by molar-refractivity contribution is 6.31. The van der Waals surface area contributed by atoms with Crippen LogP contribution < -0.4 is 5.32 Å². The molecule has 1 N–H and O–H groups in total. The smallest absolute Gasteiger partial charge is 0.133 e. The molecule has 0 saturated carbocycles. The van der Waals surface area contributed by atoms with Gasteiger partial charge in [0.05, 0.1) is 11.4 Å². The summed E-state index contributed by atoms with van der Waals surface area (Å²) in [5.74, 6) is 0.841. The first-order chi connectivity index (χ1) is 12.6. The molecule has 2 aromatic carbocycles. The average Bonchev–Trinajstić information content (AvgIpc) is 2.81. The Hall–Kier alpha value is -2.33. The molecule has 0 saturated heterocycles. The van der Waals surface area contributed by atoms with Crippen LogP contribution in [0.4, 0.5) is 10.2 Å². The van der Waals surface area contributed by atoms with Gasteiger partial charge in [-0.25, -0.2) is 9.07 Å². The van der Waals surface area contributed by atoms with Gasteiger partial charge in [-0.3, -0.25) is 0 Å². The Morgan fingerprint density at radius 3 is 2.73 bits per heavy atom. The minimum absolute atomic E-state index is 0.214. The SMILES string of the molecule is Cc1ccc(-n2nc(Cc3ccc(F)cc3)c3c2NCCCC3)cc1Cl. The van der Waals surface area contributed by atoms with Crippen LogP contribution in [0, 0.1) is 12.7 Å². The van der Waals surface area contributed by atoms with Crippen LogP contribution in [0.15, 0.2) is 42.5 Å². The molecule has 26 heavy (non-hydrogen) atoms. The summed E-state index contributed by atoms with van der Waals surface area (Å²) in [6.07, 6.45) is 3.96. The summed E-state index contributed by atoms with van der Waals surface area (Å²) in [6.45, 7) is 2.93. The highest BCUT2D eigenvalue weighted by atomic mass is 35.5. The van der Waals surface area contributed by atoms with Gasteiger partial charge >= 0.3 is 0 Å². The summed E-state index contributed by atoms with van der Waals surface area (Å²) < 4.78 is 15.2. The molecule has 0 radical (unpaired) electrons. The zero-order chi connectivity index (χ0) is 18.1. The molecule has 0 unspecified atom stereocenters. The van der Waals surface area contributed by atoms with Gasteiger partial charge in [0.15, 0.2) is 0 Å². The van der Waals surface area contributed by atoms with Crippen LogP contribution in [0.1, 0.15) is 35.2 Å². The number of halogens is 2. The summed E-state index contributed by atoms with van der Waals surface area (Å²) in [5.41, 5.74) is 5.36. The van der Waals surface area contributed by atoms with Crippen LogP contribution in [-0.2, 0) is 12.8 Å². The molecule has 1 aliphatic rings. The molecule has 3 nitrogen and oxygen atoms in total. The minimum atomic E-state index is -0.214. The van der Waals surface area contributed by atoms with Crippen LogP contribution in [0.25, 0.3) is 5.69 Å². The lowest BCUT2D eigenvalue weighted by molar-refractivity contribution is 0.627. The van der Waals surface area contributed by atoms with Gasteiger partial charge in [-0.1, -0.05) is 29.8 Å². The Morgan fingerprint density at radius 2 is 1.96 bits per heavy atom. The third-order valence-electron chi connectivity index (χ3n) is 4.90. The minimum Gasteiger partial charge on any atom is -0.370 e. The van der Waals surface area contributed by atoms with Gasteiger partial charge in [-0.05, 0) is 61.6 Å². The maximum Gasteiger partial charge on any atom is 0.133 e. The van der Waals surface area contributed by atoms with E-state index in [2.05, 4.69) is 5.32 Å². The van der Waals surface area contributed by atoms with Crippen LogP contribution in [0.2, 0.25) is 5.02 Å². The molecule has 3 aromatic rings. The average molecular weight is 370 g/mol. The van der Waals surface area contributed by atoms with Crippen LogP contribution in [0.5, 0.6) is 0 Å². The number of anilines is 1. The normalized spacial score (nSPS) is 13.8. The van der Waals surface area contributed by atoms with Gasteiger partial charge in [-0.15, -0.1) is 0 Å². The van der Waals surface area contributed by atoms with Crippen LogP contribution in [-0.4, -0.2) is 16.3 Å². The number of fused-ring (bicyclic) bond motifs is 1. The van der Waals surface area contributed by atoms with Gasteiger partial charge in [0.1, 0.15) is 11.6 Å². The fourth-order valence-corrected chi connectivity index (χ4v) is 3.59. The monoisotopic (exact) mass is 369 g/mol. The second-order valence-corrected chi connectivity index (χ2v) is 7.21. The van der Waals surface area contributed by atoms with Crippen molar-refractivity contribution in [3.8, 4) is 5.69 Å². The topological polar surface area (TPSA) is 29.9 Å². The largest absolute Gasteiger partial charge is 0.370 e. The molecule has 0 bridgehead atoms. The van der Waals surface area contributed by atoms with Gasteiger partial charge in [0.25, 0.3) is 0 Å². The molecule has 0 spiro atoms. The second-order valence-electron chi connectivity index (χ2n) is 6.81. The Labute approximate surface area is 157 Å². The molecular weight excluding hydrogens is 349 g/mol. The van der Waals surface area contributed by atoms with E-state index in [-0.39, 0.29) is 5.82 Å². The summed E-state index contributed by atoms with van der Waals surface area (Å²) in [6, 6.07) is 12.7. The number of hydrogen-bond donors (Lipinski definition) is 1. The molecule has 0 atom stereocenters. The number of aromatic nitrogens is 2. The van der Waals surface area contributed by atoms with Gasteiger partial charge in [-0.2, -0.15) is 5.10 Å². The van der Waals surface area contributed by atoms with E-state index in [0.717, 1.165) is 59.2 Å². The predicted molar refractivity (Wildman–Crippen MR) is 104 cm³/mol. The molecule has 2 heterocycles. The van der Waals surface area contributed by atoms with Crippen molar-refractivity contribution in [2.75, 3.05) is 11.9 Å². The van der Waals surface area contributed by atoms with Crippen molar-refractivity contribution in [3.05, 3.63) is 75.7 Å². The van der Waals surface area contributed by atoms with E-state index in [1.54, 1.807) is 0 Å². The second kappa shape index (κ2) is 7.12. The first-order valence-electron chi connectivity index (χ1n) is 8.97. The quantitative estimate of drug-likeness (QED) is 0.677. The van der Waals surface area contributed by atoms with E-state index >= 15 is 0 Å². The van der Waals surface area contributed by atoms with Crippen molar-refractivity contribution in [2.45, 2.75) is 32.6 Å². The zero-order valence-corrected chi connectivity index (χ0v) is 15.5. The van der Waals surface area contributed by atoms with E-state index < -0.39 is 0 Å². The number of benzene rings is 2. The number of nitrogens with zero attached hydrogens (tertiary/aromatic N) is 2. The Balaban J connectivity index is 1.78. The van der Waals surface area contributed by atoms with E-state index in [9.17, 15) is 4.39 Å². The number of hydrogen-bond acceptors (Lipinski definition) is 2. The van der Waals surface area contributed by atoms with Gasteiger partial charge < -0.3 is 5.32 Å². The number of aryl methyl sites for hydroxylation is 1. The predicted octanol–water partition coefficient (Wildman–Crippen LogP) is 5.31. The lowest BCUT2D eigenvalue weighted by Gasteiger charge is -2.10. The van der Waals surface area contributed by atoms with Crippen LogP contribution >= 0.6 is 11.6 Å². The third kappa shape index (κ3) is 3.34. The first kappa shape index (κ1) is 17.1. The van der Waals surface area contributed by atoms with Crippen molar-refractivity contribution in [3.63, 3.8) is 0 Å². The molecule has 4 rings (SSSR count). The van der Waals surface area contributed by atoms with E-state index in [4.69, 9.17) is 16.7 Å². The Bertz CT molecular complexity index is 931. The summed E-state index contributed by atoms with van der Waals surface area (Å²) in [7, 11) is 0. The fourth-order valence-electron chi connectivity index (χ4n) is 3.41. The maximum absolute atomic E-state index is 13.2. The first-order valence-corrected chi connectivity index (χ1v) is 9.35. The maximum atomic E-state index is 13.2. The van der Waals surface area contributed by atoms with Crippen molar-refractivity contribution in [2.24, 2.45) is 0 Å². The Morgan fingerprint density at radius 1 is 1.15 bits per heavy atom. The fraction of sp³-hybridized carbons (Fsp3) is 0.286. The molecule has 0 fully saturated rings. The van der Waals surface area contributed by atoms with Gasteiger partial charge in [0.2, 0.25) is 0 Å². The molecule has 1 aliphatic heterocycles. The van der Waals surface area contributed by atoms with E-state index in [0.29, 0.717) is 6.42 Å². The van der Waals surface area contributed by atoms with Crippen molar-refractivity contribution < 1.29 is 4.39 Å². The standard InChI is InChI=1S/C21H21ClFN3/c1-14-5-10-17(13-19(14)22)26-21-18(4-2-3-11-24-21)20(25-26)12-15-6-8-16(23)9-7-15/h5-10,13,24H,2-4,11-12H2,1H3. The van der Waals surface area contributed by atoms with Crippen molar-refractivity contribution >= 4 is 17.4 Å². The lowest BCUT2D eigenvalue weighted by Crippen LogP contribution is -2.07. The molecule has 0 aliphatic carbocycles. The van der Waals surface area contributed by atoms with E-state index in [1.807, 2.05) is 41.9 Å². The molecule has 5 heteroatoms. The lowest BCUT2D eigenvalue weighted by atomic mass is 10.0. The summed E-state index contributed by atoms with van der Waals surface area (Å²) in [5, 5.41) is 9.17. The molecule has 134 valence electrons. The highest BCUT2D eigenvalue weighted by Crippen LogP contribution is 2.30. The highest BCUT2D eigenvalue weighted by Gasteiger charge is 2.21. The summed E-state index contributed by atoms with van der Waals surface area (Å²) in [4.78, 5) is 0. The zero-order valence-electron chi connectivity index (χ0n) is 14.7. The van der Waals surface area contributed by atoms with Crippen molar-refractivity contribution in [1.29, 1.82) is 0 Å². The number of nitrogens with one attached hydrogen (secondary N) is 1. The van der Waals surface area contributed by atoms with Crippen molar-refractivity contribution in [1.82, 2.24) is 9.78 Å². The van der Waals surface area contributed by atoms with Gasteiger partial charge in [0, 0.05) is 23.6 Å². The Kier molecular flexibility index (Phi) is 4.68. The summed E-state index contributed by atoms with van der Waals surface area (Å²) >= 11 is 6.33. The van der Waals surface area contributed by atoms with E-state index in [1.165, 1.54) is 17.7 Å². The molecule has 0 amide bonds.